The highest BCUT2D eigenvalue weighted by Gasteiger charge is 2.12. The van der Waals surface area contributed by atoms with Crippen molar-refractivity contribution < 1.29 is 13.2 Å². The van der Waals surface area contributed by atoms with E-state index in [1.165, 1.54) is 12.8 Å². The average Bonchev–Trinajstić information content (AvgIpc) is 2.35. The molecule has 0 aromatic carbocycles. The lowest BCUT2D eigenvalue weighted by Crippen LogP contribution is -2.45. The van der Waals surface area contributed by atoms with E-state index in [1.54, 1.807) is 0 Å². The van der Waals surface area contributed by atoms with Crippen LogP contribution in [0.5, 0.6) is 0 Å². The van der Waals surface area contributed by atoms with Gasteiger partial charge in [-0.2, -0.15) is 0 Å². The van der Waals surface area contributed by atoms with Crippen molar-refractivity contribution in [2.45, 2.75) is 51.5 Å². The molecule has 0 aromatic heterocycles. The van der Waals surface area contributed by atoms with Gasteiger partial charge in [0.1, 0.15) is 6.29 Å². The Morgan fingerprint density at radius 1 is 1.17 bits per heavy atom. The molecule has 0 saturated carbocycles. The molecule has 0 aliphatic heterocycles. The molecule has 0 unspecified atom stereocenters. The Kier molecular flexibility index (Phi) is 10.1. The highest BCUT2D eigenvalue weighted by atomic mass is 32.2. The van der Waals surface area contributed by atoms with Gasteiger partial charge in [0.25, 0.3) is 0 Å². The highest BCUT2D eigenvalue weighted by Crippen LogP contribution is 2.05. The Labute approximate surface area is 110 Å². The summed E-state index contributed by atoms with van der Waals surface area (Å²) in [5.74, 6) is 5.17. The van der Waals surface area contributed by atoms with Crippen LogP contribution < -0.4 is 16.0 Å². The Balaban J connectivity index is 3.70. The van der Waals surface area contributed by atoms with E-state index in [2.05, 4.69) is 17.1 Å². The number of hydrogen-bond acceptors (Lipinski definition) is 5. The Hall–Kier alpha value is -0.500. The summed E-state index contributed by atoms with van der Waals surface area (Å²) in [6.45, 7) is 2.14. The number of hydrazine groups is 1. The van der Waals surface area contributed by atoms with Crippen LogP contribution in [0.25, 0.3) is 0 Å². The topological polar surface area (TPSA) is 101 Å². The van der Waals surface area contributed by atoms with Gasteiger partial charge in [-0.05, 0) is 6.42 Å². The van der Waals surface area contributed by atoms with E-state index in [1.807, 2.05) is 0 Å². The van der Waals surface area contributed by atoms with E-state index in [9.17, 15) is 13.2 Å². The zero-order chi connectivity index (χ0) is 13.9. The summed E-state index contributed by atoms with van der Waals surface area (Å²) < 4.78 is 25.5. The van der Waals surface area contributed by atoms with Crippen molar-refractivity contribution in [2.75, 3.05) is 12.3 Å². The van der Waals surface area contributed by atoms with E-state index in [0.29, 0.717) is 12.7 Å². The van der Waals surface area contributed by atoms with Crippen LogP contribution in [0.4, 0.5) is 0 Å². The van der Waals surface area contributed by atoms with Crippen molar-refractivity contribution in [3.05, 3.63) is 0 Å². The molecule has 7 heteroatoms. The van der Waals surface area contributed by atoms with E-state index in [4.69, 9.17) is 5.84 Å². The molecular weight excluding hydrogens is 254 g/mol. The van der Waals surface area contributed by atoms with Crippen molar-refractivity contribution >= 4 is 16.3 Å². The van der Waals surface area contributed by atoms with Gasteiger partial charge in [-0.15, -0.1) is 0 Å². The van der Waals surface area contributed by atoms with Gasteiger partial charge < -0.3 is 4.79 Å². The van der Waals surface area contributed by atoms with Crippen LogP contribution in [0.1, 0.15) is 45.4 Å². The molecule has 6 nitrogen and oxygen atoms in total. The molecule has 0 saturated heterocycles. The second-order valence-electron chi connectivity index (χ2n) is 4.34. The van der Waals surface area contributed by atoms with E-state index < -0.39 is 16.1 Å². The third-order valence-corrected chi connectivity index (χ3v) is 4.10. The third-order valence-electron chi connectivity index (χ3n) is 2.67. The number of carbonyl (C=O) groups excluding carboxylic acids is 1. The molecule has 0 fully saturated rings. The molecular formula is C11H25N3O3S. The minimum absolute atomic E-state index is 0.00182. The fourth-order valence-electron chi connectivity index (χ4n) is 1.51. The van der Waals surface area contributed by atoms with Crippen molar-refractivity contribution in [1.29, 1.82) is 0 Å². The molecule has 0 aliphatic rings. The zero-order valence-electron chi connectivity index (χ0n) is 11.0. The van der Waals surface area contributed by atoms with Crippen LogP contribution in [0.3, 0.4) is 0 Å². The molecule has 0 rings (SSSR count). The average molecular weight is 279 g/mol. The van der Waals surface area contributed by atoms with E-state index >= 15 is 0 Å². The second kappa shape index (κ2) is 10.4. The molecule has 0 aliphatic carbocycles. The molecule has 0 spiro atoms. The number of carbonyl (C=O) groups is 1. The Morgan fingerprint density at radius 2 is 1.78 bits per heavy atom. The Bertz CT molecular complexity index is 307. The highest BCUT2D eigenvalue weighted by molar-refractivity contribution is 7.89. The van der Waals surface area contributed by atoms with Gasteiger partial charge in [-0.1, -0.05) is 39.0 Å². The lowest BCUT2D eigenvalue weighted by atomic mass is 10.1. The lowest BCUT2D eigenvalue weighted by molar-refractivity contribution is -0.109. The molecule has 108 valence electrons. The van der Waals surface area contributed by atoms with Crippen LogP contribution in [0, 0.1) is 0 Å². The van der Waals surface area contributed by atoms with Crippen LogP contribution in [-0.2, 0) is 14.8 Å². The van der Waals surface area contributed by atoms with Crippen LogP contribution in [-0.4, -0.2) is 33.0 Å². The minimum atomic E-state index is -3.29. The van der Waals surface area contributed by atoms with Gasteiger partial charge in [0.2, 0.25) is 10.0 Å². The van der Waals surface area contributed by atoms with Crippen LogP contribution in [0.2, 0.25) is 0 Å². The monoisotopic (exact) mass is 279 g/mol. The minimum Gasteiger partial charge on any atom is -0.302 e. The van der Waals surface area contributed by atoms with Crippen molar-refractivity contribution in [3.8, 4) is 0 Å². The zero-order valence-corrected chi connectivity index (χ0v) is 11.8. The molecule has 0 radical (unpaired) electrons. The fraction of sp³-hybridized carbons (Fsp3) is 0.909. The summed E-state index contributed by atoms with van der Waals surface area (Å²) in [6, 6.07) is -0.677. The summed E-state index contributed by atoms with van der Waals surface area (Å²) in [5, 5.41) is 0. The standard InChI is InChI=1S/C11H25N3O3S/c1-2-3-4-5-6-7-8-18(16,17)13-9-11(10-15)14-12/h10-11,13-14H,2-9,12H2,1H3/t11-/m0/s1. The molecule has 0 heterocycles. The normalized spacial score (nSPS) is 13.4. The van der Waals surface area contributed by atoms with E-state index in [-0.39, 0.29) is 12.3 Å². The van der Waals surface area contributed by atoms with Gasteiger partial charge in [0.15, 0.2) is 0 Å². The van der Waals surface area contributed by atoms with Gasteiger partial charge in [0, 0.05) is 6.54 Å². The first kappa shape index (κ1) is 17.5. The quantitative estimate of drug-likeness (QED) is 0.206. The SMILES string of the molecule is CCCCCCCCS(=O)(=O)NC[C@@H](C=O)NN. The first-order valence-corrected chi connectivity index (χ1v) is 8.09. The number of rotatable bonds is 12. The summed E-state index contributed by atoms with van der Waals surface area (Å²) in [4.78, 5) is 10.4. The predicted octanol–water partition coefficient (Wildman–Crippen LogP) is 0.297. The summed E-state index contributed by atoms with van der Waals surface area (Å²) in [6.07, 6.45) is 6.77. The number of unbranched alkanes of at least 4 members (excludes halogenated alkanes) is 5. The molecule has 0 aromatic rings. The first-order chi connectivity index (χ1) is 8.55. The number of hydrogen-bond donors (Lipinski definition) is 3. The second-order valence-corrected chi connectivity index (χ2v) is 6.27. The summed E-state index contributed by atoms with van der Waals surface area (Å²) >= 11 is 0. The summed E-state index contributed by atoms with van der Waals surface area (Å²) in [7, 11) is -3.29. The maximum Gasteiger partial charge on any atom is 0.211 e. The number of aldehydes is 1. The number of nitrogens with one attached hydrogen (secondary N) is 2. The Morgan fingerprint density at radius 3 is 2.33 bits per heavy atom. The maximum atomic E-state index is 11.6. The fourth-order valence-corrected chi connectivity index (χ4v) is 2.67. The largest absolute Gasteiger partial charge is 0.302 e. The van der Waals surface area contributed by atoms with Crippen LogP contribution in [0.15, 0.2) is 0 Å². The van der Waals surface area contributed by atoms with Crippen molar-refractivity contribution in [1.82, 2.24) is 10.1 Å². The smallest absolute Gasteiger partial charge is 0.211 e. The number of nitrogens with two attached hydrogens (primary N) is 1. The first-order valence-electron chi connectivity index (χ1n) is 6.44. The van der Waals surface area contributed by atoms with Gasteiger partial charge in [-0.3, -0.25) is 5.84 Å². The molecule has 0 amide bonds. The maximum absolute atomic E-state index is 11.6. The van der Waals surface area contributed by atoms with Gasteiger partial charge in [0.05, 0.1) is 11.8 Å². The van der Waals surface area contributed by atoms with Crippen molar-refractivity contribution in [3.63, 3.8) is 0 Å². The molecule has 4 N–H and O–H groups in total. The predicted molar refractivity (Wildman–Crippen MR) is 72.3 cm³/mol. The van der Waals surface area contributed by atoms with Gasteiger partial charge in [-0.25, -0.2) is 18.6 Å². The molecule has 0 bridgehead atoms. The van der Waals surface area contributed by atoms with Crippen LogP contribution >= 0.6 is 0 Å². The third kappa shape index (κ3) is 9.52. The van der Waals surface area contributed by atoms with Crippen molar-refractivity contribution in [2.24, 2.45) is 5.84 Å². The van der Waals surface area contributed by atoms with E-state index in [0.717, 1.165) is 19.3 Å². The molecule has 18 heavy (non-hydrogen) atoms. The number of sulfonamides is 1. The molecule has 1 atom stereocenters. The summed E-state index contributed by atoms with van der Waals surface area (Å²) in [5.41, 5.74) is 2.22. The van der Waals surface area contributed by atoms with Gasteiger partial charge >= 0.3 is 0 Å². The lowest BCUT2D eigenvalue weighted by Gasteiger charge is -2.10.